The molecule has 0 amide bonds. The summed E-state index contributed by atoms with van der Waals surface area (Å²) in [6, 6.07) is 5.56. The van der Waals surface area contributed by atoms with E-state index in [0.29, 0.717) is 17.1 Å². The third kappa shape index (κ3) is 2.29. The summed E-state index contributed by atoms with van der Waals surface area (Å²) in [5.74, 6) is 1.27. The highest BCUT2D eigenvalue weighted by Crippen LogP contribution is 2.12. The van der Waals surface area contributed by atoms with Crippen LogP contribution in [0.4, 0.5) is 0 Å². The van der Waals surface area contributed by atoms with Crippen LogP contribution in [0.2, 0.25) is 0 Å². The molecule has 0 aliphatic rings. The normalized spacial score (nSPS) is 9.83. The van der Waals surface area contributed by atoms with Crippen LogP contribution in [-0.2, 0) is 16.3 Å². The summed E-state index contributed by atoms with van der Waals surface area (Å²) in [5, 5.41) is 0. The minimum atomic E-state index is 0.575. The molecule has 1 radical (unpaired) electrons. The number of rotatable bonds is 3. The number of hydrogen-bond acceptors (Lipinski definition) is 3. The topological polar surface area (TPSA) is 17.1 Å². The molecule has 3 heteroatoms. The molecule has 12 heavy (non-hydrogen) atoms. The summed E-state index contributed by atoms with van der Waals surface area (Å²) >= 11 is 8.26. The highest BCUT2D eigenvalue weighted by Gasteiger charge is 1.98. The van der Waals surface area contributed by atoms with Crippen molar-refractivity contribution in [1.82, 2.24) is 0 Å². The van der Waals surface area contributed by atoms with Gasteiger partial charge in [0.05, 0.1) is 0 Å². The predicted octanol–water partition coefficient (Wildman–Crippen LogP) is 2.00. The minimum absolute atomic E-state index is 0.575. The molecule has 1 nitrogen and oxygen atoms in total. The average Bonchev–Trinajstić information content (AvgIpc) is 2.16. The summed E-state index contributed by atoms with van der Waals surface area (Å²) in [7, 11) is 0. The molecule has 0 aromatic heterocycles. The van der Waals surface area contributed by atoms with Crippen molar-refractivity contribution < 1.29 is 4.79 Å². The molecule has 63 valence electrons. The van der Waals surface area contributed by atoms with Gasteiger partial charge in [0, 0.05) is 17.1 Å². The van der Waals surface area contributed by atoms with Gasteiger partial charge < -0.3 is 0 Å². The first kappa shape index (κ1) is 9.68. The first-order valence-electron chi connectivity index (χ1n) is 3.53. The molecular weight excluding hydrogens is 188 g/mol. The molecular formula is C9H9OS2. The van der Waals surface area contributed by atoms with Gasteiger partial charge in [-0.3, -0.25) is 4.79 Å². The Morgan fingerprint density at radius 2 is 1.58 bits per heavy atom. The molecule has 0 saturated carbocycles. The number of carbonyl (C=O) groups excluding carboxylic acids is 1. The van der Waals surface area contributed by atoms with Crippen molar-refractivity contribution in [2.24, 2.45) is 0 Å². The molecule has 0 fully saturated rings. The van der Waals surface area contributed by atoms with Crippen LogP contribution in [0, 0.1) is 0 Å². The molecule has 1 aromatic carbocycles. The highest BCUT2D eigenvalue weighted by atomic mass is 32.1. The maximum atomic E-state index is 10.4. The summed E-state index contributed by atoms with van der Waals surface area (Å²) < 4.78 is 0. The predicted molar refractivity (Wildman–Crippen MR) is 56.6 cm³/mol. The average molecular weight is 197 g/mol. The Labute approximate surface area is 83.0 Å². The van der Waals surface area contributed by atoms with Crippen molar-refractivity contribution in [1.29, 1.82) is 0 Å². The maximum Gasteiger partial charge on any atom is 0.233 e. The zero-order chi connectivity index (χ0) is 8.97. The first-order chi connectivity index (χ1) is 5.80. The Balaban J connectivity index is 3.09. The zero-order valence-electron chi connectivity index (χ0n) is 6.45. The van der Waals surface area contributed by atoms with E-state index in [1.54, 1.807) is 12.1 Å². The van der Waals surface area contributed by atoms with E-state index >= 15 is 0 Å². The van der Waals surface area contributed by atoms with Gasteiger partial charge in [-0.25, -0.2) is 0 Å². The van der Waals surface area contributed by atoms with Crippen LogP contribution in [0.25, 0.3) is 0 Å². The van der Waals surface area contributed by atoms with Crippen LogP contribution < -0.4 is 0 Å². The second-order valence-corrected chi connectivity index (χ2v) is 3.09. The van der Waals surface area contributed by atoms with Crippen LogP contribution >= 0.6 is 25.3 Å². The van der Waals surface area contributed by atoms with Crippen molar-refractivity contribution >= 4 is 31.5 Å². The number of thiol groups is 2. The number of benzene rings is 1. The Morgan fingerprint density at radius 1 is 1.08 bits per heavy atom. The maximum absolute atomic E-state index is 10.4. The van der Waals surface area contributed by atoms with Crippen LogP contribution in [0.5, 0.6) is 0 Å². The third-order valence-electron chi connectivity index (χ3n) is 1.54. The van der Waals surface area contributed by atoms with E-state index in [2.05, 4.69) is 25.3 Å². The summed E-state index contributed by atoms with van der Waals surface area (Å²) in [6.07, 6.45) is 1.86. The summed E-state index contributed by atoms with van der Waals surface area (Å²) in [6.45, 7) is 0. The largest absolute Gasteiger partial charge is 0.285 e. The fourth-order valence-electron chi connectivity index (χ4n) is 1.00. The summed E-state index contributed by atoms with van der Waals surface area (Å²) in [4.78, 5) is 10.4. The van der Waals surface area contributed by atoms with E-state index in [4.69, 9.17) is 0 Å². The van der Waals surface area contributed by atoms with Gasteiger partial charge in [-0.2, -0.15) is 25.3 Å². The Morgan fingerprint density at radius 3 is 1.92 bits per heavy atom. The lowest BCUT2D eigenvalue weighted by Crippen LogP contribution is -1.88. The molecule has 1 aromatic rings. The molecule has 0 atom stereocenters. The second kappa shape index (κ2) is 4.58. The van der Waals surface area contributed by atoms with Gasteiger partial charge in [0.15, 0.2) is 0 Å². The minimum Gasteiger partial charge on any atom is -0.285 e. The van der Waals surface area contributed by atoms with Gasteiger partial charge in [0.1, 0.15) is 0 Å². The Bertz CT molecular complexity index is 262. The van der Waals surface area contributed by atoms with Gasteiger partial charge in [0.2, 0.25) is 6.29 Å². The van der Waals surface area contributed by atoms with Crippen molar-refractivity contribution in [3.05, 3.63) is 34.9 Å². The smallest absolute Gasteiger partial charge is 0.233 e. The summed E-state index contributed by atoms with van der Waals surface area (Å²) in [5.41, 5.74) is 2.64. The number of hydrogen-bond donors (Lipinski definition) is 2. The monoisotopic (exact) mass is 197 g/mol. The van der Waals surface area contributed by atoms with E-state index in [1.165, 1.54) is 0 Å². The van der Waals surface area contributed by atoms with E-state index < -0.39 is 0 Å². The van der Waals surface area contributed by atoms with Gasteiger partial charge in [0.25, 0.3) is 0 Å². The SMILES string of the molecule is O=[C]c1cc(CS)cc(CS)c1. The highest BCUT2D eigenvalue weighted by molar-refractivity contribution is 7.79. The molecule has 1 rings (SSSR count). The molecule has 0 unspecified atom stereocenters. The van der Waals surface area contributed by atoms with Crippen molar-refractivity contribution in [3.63, 3.8) is 0 Å². The Kier molecular flexibility index (Phi) is 3.69. The molecule has 0 aliphatic heterocycles. The quantitative estimate of drug-likeness (QED) is 0.709. The van der Waals surface area contributed by atoms with Crippen LogP contribution in [0.1, 0.15) is 16.7 Å². The third-order valence-corrected chi connectivity index (χ3v) is 2.27. The van der Waals surface area contributed by atoms with E-state index in [0.717, 1.165) is 11.1 Å². The second-order valence-electron chi connectivity index (χ2n) is 2.46. The van der Waals surface area contributed by atoms with Crippen LogP contribution in [0.3, 0.4) is 0 Å². The van der Waals surface area contributed by atoms with Gasteiger partial charge in [-0.15, -0.1) is 0 Å². The lowest BCUT2D eigenvalue weighted by molar-refractivity contribution is 0.562. The lowest BCUT2D eigenvalue weighted by Gasteiger charge is -2.01. The zero-order valence-corrected chi connectivity index (χ0v) is 8.24. The lowest BCUT2D eigenvalue weighted by atomic mass is 10.1. The molecule has 0 aliphatic carbocycles. The van der Waals surface area contributed by atoms with Crippen LogP contribution in [0.15, 0.2) is 18.2 Å². The van der Waals surface area contributed by atoms with Crippen molar-refractivity contribution in [2.75, 3.05) is 0 Å². The molecule has 0 saturated heterocycles. The Hall–Kier alpha value is -0.410. The van der Waals surface area contributed by atoms with E-state index in [-0.39, 0.29) is 0 Å². The molecule has 0 N–H and O–H groups in total. The van der Waals surface area contributed by atoms with E-state index in [1.807, 2.05) is 12.4 Å². The van der Waals surface area contributed by atoms with Crippen molar-refractivity contribution in [3.8, 4) is 0 Å². The molecule has 0 spiro atoms. The fourth-order valence-corrected chi connectivity index (χ4v) is 1.37. The van der Waals surface area contributed by atoms with Gasteiger partial charge >= 0.3 is 0 Å². The first-order valence-corrected chi connectivity index (χ1v) is 4.79. The van der Waals surface area contributed by atoms with Crippen molar-refractivity contribution in [2.45, 2.75) is 11.5 Å². The van der Waals surface area contributed by atoms with E-state index in [9.17, 15) is 4.79 Å². The molecule has 0 heterocycles. The van der Waals surface area contributed by atoms with Crippen LogP contribution in [-0.4, -0.2) is 6.29 Å². The van der Waals surface area contributed by atoms with Gasteiger partial charge in [-0.05, 0) is 23.3 Å². The fraction of sp³-hybridized carbons (Fsp3) is 0.222. The van der Waals surface area contributed by atoms with Gasteiger partial charge in [-0.1, -0.05) is 6.07 Å². The standard InChI is InChI=1S/C9H9OS2/c10-4-7-1-8(5-11)3-9(2-7)6-12/h1-3,11-12H,5-6H2. The molecule has 0 bridgehead atoms.